The Hall–Kier alpha value is -0.780. The van der Waals surface area contributed by atoms with E-state index in [0.717, 1.165) is 19.3 Å². The summed E-state index contributed by atoms with van der Waals surface area (Å²) in [6.45, 7) is 2.76. The van der Waals surface area contributed by atoms with Crippen molar-refractivity contribution >= 4 is 5.97 Å². The van der Waals surface area contributed by atoms with E-state index in [9.17, 15) is 18.0 Å². The van der Waals surface area contributed by atoms with Crippen molar-refractivity contribution in [3.8, 4) is 0 Å². The first-order valence-corrected chi connectivity index (χ1v) is 6.82. The molecular formula is C13H22F3NO2. The van der Waals surface area contributed by atoms with Gasteiger partial charge in [0.05, 0.1) is 13.2 Å². The van der Waals surface area contributed by atoms with Crippen molar-refractivity contribution in [2.24, 2.45) is 5.92 Å². The van der Waals surface area contributed by atoms with Crippen molar-refractivity contribution in [1.82, 2.24) is 5.32 Å². The van der Waals surface area contributed by atoms with Gasteiger partial charge in [-0.05, 0) is 38.5 Å². The molecule has 1 saturated carbocycles. The molecule has 0 aromatic heterocycles. The normalized spacial score (nSPS) is 28.2. The Morgan fingerprint density at radius 1 is 1.32 bits per heavy atom. The van der Waals surface area contributed by atoms with Crippen LogP contribution in [0.15, 0.2) is 0 Å². The monoisotopic (exact) mass is 281 g/mol. The highest BCUT2D eigenvalue weighted by Gasteiger charge is 2.44. The minimum absolute atomic E-state index is 0.186. The Balaban J connectivity index is 2.71. The molecule has 0 aromatic carbocycles. The largest absolute Gasteiger partial charge is 0.465 e. The van der Waals surface area contributed by atoms with E-state index in [1.807, 2.05) is 0 Å². The second-order valence-corrected chi connectivity index (χ2v) is 5.12. The van der Waals surface area contributed by atoms with Crippen LogP contribution in [0.2, 0.25) is 0 Å². The van der Waals surface area contributed by atoms with Gasteiger partial charge in [-0.1, -0.05) is 13.3 Å². The predicted octanol–water partition coefficient (Wildman–Crippen LogP) is 3.04. The second-order valence-electron chi connectivity index (χ2n) is 5.12. The lowest BCUT2D eigenvalue weighted by molar-refractivity contribution is -0.158. The molecule has 0 aliphatic heterocycles. The van der Waals surface area contributed by atoms with Gasteiger partial charge in [0.2, 0.25) is 0 Å². The number of ether oxygens (including phenoxy) is 1. The van der Waals surface area contributed by atoms with Crippen molar-refractivity contribution in [1.29, 1.82) is 0 Å². The maximum Gasteiger partial charge on any atom is 0.401 e. The average Bonchev–Trinajstić information content (AvgIpc) is 2.36. The summed E-state index contributed by atoms with van der Waals surface area (Å²) in [7, 11) is 0. The van der Waals surface area contributed by atoms with Crippen LogP contribution in [0.3, 0.4) is 0 Å². The van der Waals surface area contributed by atoms with E-state index < -0.39 is 24.2 Å². The summed E-state index contributed by atoms with van der Waals surface area (Å²) in [5.41, 5.74) is -1.16. The standard InChI is InChI=1S/C13H22F3NO2/c1-3-10-5-7-12(8-6-10,11(18)19-4-2)17-9-13(14,15)16/h10,17H,3-9H2,1-2H3. The third-order valence-corrected chi connectivity index (χ3v) is 3.83. The Morgan fingerprint density at radius 3 is 2.32 bits per heavy atom. The molecule has 19 heavy (non-hydrogen) atoms. The third-order valence-electron chi connectivity index (χ3n) is 3.83. The molecular weight excluding hydrogens is 259 g/mol. The number of halogens is 3. The highest BCUT2D eigenvalue weighted by atomic mass is 19.4. The minimum Gasteiger partial charge on any atom is -0.465 e. The number of carbonyl (C=O) groups is 1. The van der Waals surface area contributed by atoms with Gasteiger partial charge in [0.15, 0.2) is 0 Å². The zero-order valence-electron chi connectivity index (χ0n) is 11.5. The molecule has 0 unspecified atom stereocenters. The van der Waals surface area contributed by atoms with Gasteiger partial charge in [-0.25, -0.2) is 0 Å². The number of alkyl halides is 3. The fourth-order valence-corrected chi connectivity index (χ4v) is 2.57. The number of hydrogen-bond acceptors (Lipinski definition) is 3. The number of nitrogens with one attached hydrogen (secondary N) is 1. The van der Waals surface area contributed by atoms with Crippen molar-refractivity contribution < 1.29 is 22.7 Å². The van der Waals surface area contributed by atoms with Gasteiger partial charge < -0.3 is 4.74 Å². The lowest BCUT2D eigenvalue weighted by Crippen LogP contribution is -2.57. The Kier molecular flexibility index (Phi) is 5.64. The zero-order chi connectivity index (χ0) is 14.5. The van der Waals surface area contributed by atoms with Crippen LogP contribution in [-0.4, -0.2) is 30.8 Å². The fraction of sp³-hybridized carbons (Fsp3) is 0.923. The van der Waals surface area contributed by atoms with Crippen LogP contribution in [0.4, 0.5) is 13.2 Å². The smallest absolute Gasteiger partial charge is 0.401 e. The van der Waals surface area contributed by atoms with Crippen molar-refractivity contribution in [2.45, 2.75) is 57.7 Å². The molecule has 0 bridgehead atoms. The molecule has 1 aliphatic carbocycles. The molecule has 0 heterocycles. The average molecular weight is 281 g/mol. The lowest BCUT2D eigenvalue weighted by Gasteiger charge is -2.38. The first kappa shape index (κ1) is 16.3. The molecule has 1 N–H and O–H groups in total. The molecule has 0 amide bonds. The van der Waals surface area contributed by atoms with Gasteiger partial charge in [0, 0.05) is 0 Å². The van der Waals surface area contributed by atoms with Gasteiger partial charge in [-0.3, -0.25) is 10.1 Å². The molecule has 0 aromatic rings. The van der Waals surface area contributed by atoms with Crippen molar-refractivity contribution in [3.05, 3.63) is 0 Å². The van der Waals surface area contributed by atoms with Gasteiger partial charge in [-0.2, -0.15) is 13.2 Å². The molecule has 0 saturated heterocycles. The summed E-state index contributed by atoms with van der Waals surface area (Å²) in [4.78, 5) is 12.0. The van der Waals surface area contributed by atoms with Gasteiger partial charge in [0.1, 0.15) is 5.54 Å². The molecule has 6 heteroatoms. The van der Waals surface area contributed by atoms with Crippen LogP contribution >= 0.6 is 0 Å². The summed E-state index contributed by atoms with van der Waals surface area (Å²) < 4.78 is 42.0. The predicted molar refractivity (Wildman–Crippen MR) is 65.7 cm³/mol. The maximum absolute atomic E-state index is 12.4. The molecule has 0 atom stereocenters. The summed E-state index contributed by atoms with van der Waals surface area (Å²) >= 11 is 0. The summed E-state index contributed by atoms with van der Waals surface area (Å²) in [5, 5.41) is 2.40. The SMILES string of the molecule is CCOC(=O)C1(NCC(F)(F)F)CCC(CC)CC1. The fourth-order valence-electron chi connectivity index (χ4n) is 2.57. The van der Waals surface area contributed by atoms with Gasteiger partial charge >= 0.3 is 12.1 Å². The molecule has 112 valence electrons. The molecule has 0 spiro atoms. The Morgan fingerprint density at radius 2 is 1.89 bits per heavy atom. The van der Waals surface area contributed by atoms with Crippen molar-refractivity contribution in [2.75, 3.05) is 13.2 Å². The third kappa shape index (κ3) is 4.67. The van der Waals surface area contributed by atoms with E-state index in [0.29, 0.717) is 18.8 Å². The molecule has 1 rings (SSSR count). The second kappa shape index (κ2) is 6.59. The van der Waals surface area contributed by atoms with Crippen LogP contribution in [0, 0.1) is 5.92 Å². The minimum atomic E-state index is -4.32. The van der Waals surface area contributed by atoms with E-state index in [4.69, 9.17) is 4.74 Å². The van der Waals surface area contributed by atoms with Crippen LogP contribution < -0.4 is 5.32 Å². The number of hydrogen-bond donors (Lipinski definition) is 1. The highest BCUT2D eigenvalue weighted by molar-refractivity contribution is 5.81. The number of rotatable bonds is 5. The Labute approximate surface area is 111 Å². The van der Waals surface area contributed by atoms with E-state index in [1.54, 1.807) is 6.92 Å². The molecule has 1 fully saturated rings. The van der Waals surface area contributed by atoms with Crippen molar-refractivity contribution in [3.63, 3.8) is 0 Å². The van der Waals surface area contributed by atoms with E-state index in [1.165, 1.54) is 0 Å². The van der Waals surface area contributed by atoms with E-state index in [-0.39, 0.29) is 6.61 Å². The summed E-state index contributed by atoms with van der Waals surface area (Å²) in [5.74, 6) is -0.0518. The first-order valence-electron chi connectivity index (χ1n) is 6.82. The Bertz CT molecular complexity index is 297. The molecule has 3 nitrogen and oxygen atoms in total. The molecule has 0 radical (unpaired) electrons. The van der Waals surface area contributed by atoms with Crippen LogP contribution in [0.5, 0.6) is 0 Å². The summed E-state index contributed by atoms with van der Waals surface area (Å²) in [6.07, 6.45) is -0.958. The van der Waals surface area contributed by atoms with E-state index in [2.05, 4.69) is 12.2 Å². The molecule has 1 aliphatic rings. The first-order chi connectivity index (χ1) is 8.83. The summed E-state index contributed by atoms with van der Waals surface area (Å²) in [6, 6.07) is 0. The van der Waals surface area contributed by atoms with Crippen LogP contribution in [-0.2, 0) is 9.53 Å². The number of carbonyl (C=O) groups excluding carboxylic acids is 1. The zero-order valence-corrected chi connectivity index (χ0v) is 11.5. The van der Waals surface area contributed by atoms with Crippen LogP contribution in [0.25, 0.3) is 0 Å². The van der Waals surface area contributed by atoms with Crippen LogP contribution in [0.1, 0.15) is 46.0 Å². The van der Waals surface area contributed by atoms with E-state index >= 15 is 0 Å². The highest BCUT2D eigenvalue weighted by Crippen LogP contribution is 2.35. The van der Waals surface area contributed by atoms with Gasteiger partial charge in [-0.15, -0.1) is 0 Å². The topological polar surface area (TPSA) is 38.3 Å². The van der Waals surface area contributed by atoms with Gasteiger partial charge in [0.25, 0.3) is 0 Å². The maximum atomic E-state index is 12.4. The lowest BCUT2D eigenvalue weighted by atomic mass is 9.75. The quantitative estimate of drug-likeness (QED) is 0.787. The number of esters is 1.